The molecule has 0 aliphatic carbocycles. The van der Waals surface area contributed by atoms with Gasteiger partial charge in [0, 0.05) is 29.7 Å². The van der Waals surface area contributed by atoms with E-state index < -0.39 is 0 Å². The highest BCUT2D eigenvalue weighted by atomic mass is 35.5. The molecule has 0 N–H and O–H groups in total. The Hall–Kier alpha value is -1.91. The largest absolute Gasteiger partial charge is 0.490 e. The smallest absolute Gasteiger partial charge is 0.161 e. The molecular weight excluding hydrogens is 347 g/mol. The summed E-state index contributed by atoms with van der Waals surface area (Å²) in [6.45, 7) is 2.81. The van der Waals surface area contributed by atoms with Crippen LogP contribution in [0.1, 0.15) is 18.1 Å². The summed E-state index contributed by atoms with van der Waals surface area (Å²) in [4.78, 5) is 0. The van der Waals surface area contributed by atoms with Crippen LogP contribution in [0, 0.1) is 0 Å². The summed E-state index contributed by atoms with van der Waals surface area (Å²) in [6, 6.07) is 11.0. The van der Waals surface area contributed by atoms with Crippen molar-refractivity contribution in [2.45, 2.75) is 13.5 Å². The van der Waals surface area contributed by atoms with Crippen molar-refractivity contribution in [3.63, 3.8) is 0 Å². The van der Waals surface area contributed by atoms with Crippen LogP contribution in [-0.2, 0) is 6.61 Å². The molecule has 0 radical (unpaired) electrons. The topological polar surface area (TPSA) is 34.1 Å². The van der Waals surface area contributed by atoms with Crippen LogP contribution >= 0.6 is 23.2 Å². The molecule has 0 spiro atoms. The highest BCUT2D eigenvalue weighted by Gasteiger charge is 2.08. The van der Waals surface area contributed by atoms with Crippen molar-refractivity contribution in [2.24, 2.45) is 5.10 Å². The van der Waals surface area contributed by atoms with E-state index in [2.05, 4.69) is 5.10 Å². The number of hydrazone groups is 1. The van der Waals surface area contributed by atoms with Crippen LogP contribution in [0.2, 0.25) is 10.0 Å². The zero-order valence-electron chi connectivity index (χ0n) is 13.9. The highest BCUT2D eigenvalue weighted by molar-refractivity contribution is 6.35. The Bertz CT molecular complexity index is 718. The second kappa shape index (κ2) is 8.81. The molecule has 0 aromatic heterocycles. The first-order valence-electron chi connectivity index (χ1n) is 7.54. The van der Waals surface area contributed by atoms with E-state index >= 15 is 0 Å². The second-order valence-electron chi connectivity index (χ2n) is 5.26. The van der Waals surface area contributed by atoms with E-state index in [9.17, 15) is 0 Å². The minimum absolute atomic E-state index is 0.335. The Kier molecular flexibility index (Phi) is 6.76. The summed E-state index contributed by atoms with van der Waals surface area (Å²) in [5, 5.41) is 7.13. The van der Waals surface area contributed by atoms with Gasteiger partial charge < -0.3 is 14.5 Å². The van der Waals surface area contributed by atoms with E-state index in [1.807, 2.05) is 45.3 Å². The molecule has 128 valence electrons. The summed E-state index contributed by atoms with van der Waals surface area (Å²) in [5.74, 6) is 1.33. The lowest BCUT2D eigenvalue weighted by molar-refractivity contribution is 0.269. The third kappa shape index (κ3) is 5.32. The SMILES string of the molecule is CCOc1cc(/C=N/N(C)C)ccc1OCc1ccc(Cl)cc1Cl. The minimum atomic E-state index is 0.335. The number of hydrogen-bond donors (Lipinski definition) is 0. The maximum atomic E-state index is 6.18. The van der Waals surface area contributed by atoms with Gasteiger partial charge in [-0.2, -0.15) is 5.10 Å². The fourth-order valence-corrected chi connectivity index (χ4v) is 2.43. The highest BCUT2D eigenvalue weighted by Crippen LogP contribution is 2.30. The molecule has 0 unspecified atom stereocenters. The summed E-state index contributed by atoms with van der Waals surface area (Å²) in [6.07, 6.45) is 1.77. The molecular formula is C18H20Cl2N2O2. The summed E-state index contributed by atoms with van der Waals surface area (Å²) in [5.41, 5.74) is 1.80. The number of nitrogens with zero attached hydrogens (tertiary/aromatic N) is 2. The van der Waals surface area contributed by atoms with Gasteiger partial charge in [-0.3, -0.25) is 0 Å². The standard InChI is InChI=1S/C18H20Cl2N2O2/c1-4-23-18-9-13(11-21-22(2)3)5-8-17(18)24-12-14-6-7-15(19)10-16(14)20/h5-11H,4,12H2,1-3H3/b21-11+. The zero-order chi connectivity index (χ0) is 17.5. The fraction of sp³-hybridized carbons (Fsp3) is 0.278. The van der Waals surface area contributed by atoms with Crippen LogP contribution in [0.15, 0.2) is 41.5 Å². The molecule has 6 heteroatoms. The van der Waals surface area contributed by atoms with Crippen LogP contribution in [-0.4, -0.2) is 31.9 Å². The van der Waals surface area contributed by atoms with E-state index in [4.69, 9.17) is 32.7 Å². The van der Waals surface area contributed by atoms with Crippen LogP contribution in [0.5, 0.6) is 11.5 Å². The average molecular weight is 367 g/mol. The van der Waals surface area contributed by atoms with Crippen molar-refractivity contribution in [2.75, 3.05) is 20.7 Å². The molecule has 0 aliphatic rings. The molecule has 0 atom stereocenters. The minimum Gasteiger partial charge on any atom is -0.490 e. The first kappa shape index (κ1) is 18.4. The maximum Gasteiger partial charge on any atom is 0.161 e. The molecule has 0 amide bonds. The monoisotopic (exact) mass is 366 g/mol. The average Bonchev–Trinajstić information content (AvgIpc) is 2.53. The fourth-order valence-electron chi connectivity index (χ4n) is 1.97. The lowest BCUT2D eigenvalue weighted by Gasteiger charge is -2.13. The molecule has 4 nitrogen and oxygen atoms in total. The van der Waals surface area contributed by atoms with Gasteiger partial charge in [-0.05, 0) is 42.8 Å². The van der Waals surface area contributed by atoms with E-state index in [0.29, 0.717) is 34.8 Å². The van der Waals surface area contributed by atoms with Crippen molar-refractivity contribution in [3.05, 3.63) is 57.6 Å². The van der Waals surface area contributed by atoms with Gasteiger partial charge in [-0.25, -0.2) is 0 Å². The van der Waals surface area contributed by atoms with Crippen molar-refractivity contribution in [3.8, 4) is 11.5 Å². The number of hydrogen-bond acceptors (Lipinski definition) is 4. The van der Waals surface area contributed by atoms with Gasteiger partial charge in [0.1, 0.15) is 6.61 Å². The lowest BCUT2D eigenvalue weighted by Crippen LogP contribution is -2.03. The molecule has 2 aromatic rings. The first-order chi connectivity index (χ1) is 11.5. The van der Waals surface area contributed by atoms with Crippen molar-refractivity contribution < 1.29 is 9.47 Å². The summed E-state index contributed by atoms with van der Waals surface area (Å²) < 4.78 is 11.5. The third-order valence-electron chi connectivity index (χ3n) is 3.10. The third-order valence-corrected chi connectivity index (χ3v) is 3.69. The van der Waals surface area contributed by atoms with E-state index in [1.54, 1.807) is 23.4 Å². The number of ether oxygens (including phenoxy) is 2. The van der Waals surface area contributed by atoms with Crippen molar-refractivity contribution in [1.29, 1.82) is 0 Å². The van der Waals surface area contributed by atoms with Gasteiger partial charge in [-0.15, -0.1) is 0 Å². The molecule has 0 saturated heterocycles. The first-order valence-corrected chi connectivity index (χ1v) is 8.30. The van der Waals surface area contributed by atoms with Crippen molar-refractivity contribution in [1.82, 2.24) is 5.01 Å². The van der Waals surface area contributed by atoms with Gasteiger partial charge >= 0.3 is 0 Å². The van der Waals surface area contributed by atoms with Crippen LogP contribution in [0.3, 0.4) is 0 Å². The molecule has 2 rings (SSSR count). The molecule has 0 aliphatic heterocycles. The predicted molar refractivity (Wildman–Crippen MR) is 99.7 cm³/mol. The molecule has 2 aromatic carbocycles. The molecule has 0 bridgehead atoms. The molecule has 0 saturated carbocycles. The Labute approximate surface area is 152 Å². The Morgan fingerprint density at radius 3 is 2.50 bits per heavy atom. The van der Waals surface area contributed by atoms with Gasteiger partial charge in [0.15, 0.2) is 11.5 Å². The number of halogens is 2. The van der Waals surface area contributed by atoms with Crippen molar-refractivity contribution >= 4 is 29.4 Å². The normalized spacial score (nSPS) is 10.9. The van der Waals surface area contributed by atoms with E-state index in [0.717, 1.165) is 11.1 Å². The lowest BCUT2D eigenvalue weighted by atomic mass is 10.2. The van der Waals surface area contributed by atoms with Gasteiger partial charge in [0.2, 0.25) is 0 Å². The van der Waals surface area contributed by atoms with Crippen LogP contribution < -0.4 is 9.47 Å². The van der Waals surface area contributed by atoms with Crippen LogP contribution in [0.25, 0.3) is 0 Å². The Morgan fingerprint density at radius 2 is 1.83 bits per heavy atom. The second-order valence-corrected chi connectivity index (χ2v) is 6.10. The Balaban J connectivity index is 2.16. The predicted octanol–water partition coefficient (Wildman–Crippen LogP) is 4.87. The van der Waals surface area contributed by atoms with Gasteiger partial charge in [-0.1, -0.05) is 29.3 Å². The maximum absolute atomic E-state index is 6.18. The molecule has 0 fully saturated rings. The summed E-state index contributed by atoms with van der Waals surface area (Å²) in [7, 11) is 3.74. The Morgan fingerprint density at radius 1 is 1.04 bits per heavy atom. The summed E-state index contributed by atoms with van der Waals surface area (Å²) >= 11 is 12.1. The van der Waals surface area contributed by atoms with E-state index in [-0.39, 0.29) is 0 Å². The van der Waals surface area contributed by atoms with Gasteiger partial charge in [0.05, 0.1) is 12.8 Å². The zero-order valence-corrected chi connectivity index (χ0v) is 15.4. The molecule has 0 heterocycles. The van der Waals surface area contributed by atoms with E-state index in [1.165, 1.54) is 0 Å². The quantitative estimate of drug-likeness (QED) is 0.517. The van der Waals surface area contributed by atoms with Crippen LogP contribution in [0.4, 0.5) is 0 Å². The number of benzene rings is 2. The molecule has 24 heavy (non-hydrogen) atoms. The number of rotatable bonds is 7. The van der Waals surface area contributed by atoms with Gasteiger partial charge in [0.25, 0.3) is 0 Å².